The van der Waals surface area contributed by atoms with E-state index in [1.165, 1.54) is 0 Å². The second-order valence-corrected chi connectivity index (χ2v) is 4.42. The van der Waals surface area contributed by atoms with Crippen LogP contribution in [0, 0.1) is 13.8 Å². The fraction of sp³-hybridized carbons (Fsp3) is 0.400. The van der Waals surface area contributed by atoms with Gasteiger partial charge in [0.1, 0.15) is 0 Å². The highest BCUT2D eigenvalue weighted by atomic mass is 79.9. The SMILES string of the molecule is Cc1cc(C)cc(C(O)C(F)(F)Br)c1. The fourth-order valence-corrected chi connectivity index (χ4v) is 1.62. The van der Waals surface area contributed by atoms with Crippen molar-refractivity contribution in [3.8, 4) is 0 Å². The number of hydrogen-bond acceptors (Lipinski definition) is 1. The van der Waals surface area contributed by atoms with E-state index in [4.69, 9.17) is 0 Å². The molecule has 0 aliphatic heterocycles. The molecule has 0 aliphatic carbocycles. The number of aliphatic hydroxyl groups is 1. The Balaban J connectivity index is 3.07. The van der Waals surface area contributed by atoms with Crippen LogP contribution in [0.1, 0.15) is 22.8 Å². The lowest BCUT2D eigenvalue weighted by Crippen LogP contribution is -2.18. The van der Waals surface area contributed by atoms with Crippen LogP contribution in [0.25, 0.3) is 0 Å². The van der Waals surface area contributed by atoms with Crippen molar-refractivity contribution in [2.45, 2.75) is 24.8 Å². The lowest BCUT2D eigenvalue weighted by molar-refractivity contribution is -0.0294. The van der Waals surface area contributed by atoms with E-state index in [1.54, 1.807) is 26.0 Å². The third-order valence-electron chi connectivity index (χ3n) is 1.87. The number of rotatable bonds is 2. The largest absolute Gasteiger partial charge is 0.381 e. The van der Waals surface area contributed by atoms with Gasteiger partial charge >= 0.3 is 4.83 Å². The molecule has 0 amide bonds. The van der Waals surface area contributed by atoms with Crippen molar-refractivity contribution in [2.24, 2.45) is 0 Å². The lowest BCUT2D eigenvalue weighted by atomic mass is 10.0. The third-order valence-corrected chi connectivity index (χ3v) is 2.30. The summed E-state index contributed by atoms with van der Waals surface area (Å²) in [6, 6.07) is 4.96. The number of hydrogen-bond donors (Lipinski definition) is 1. The minimum absolute atomic E-state index is 0.226. The van der Waals surface area contributed by atoms with Gasteiger partial charge in [-0.2, -0.15) is 8.78 Å². The molecule has 0 saturated heterocycles. The van der Waals surface area contributed by atoms with Crippen LogP contribution in [0.15, 0.2) is 18.2 Å². The monoisotopic (exact) mass is 264 g/mol. The minimum atomic E-state index is -3.28. The quantitative estimate of drug-likeness (QED) is 0.813. The molecule has 78 valence electrons. The summed E-state index contributed by atoms with van der Waals surface area (Å²) in [6.07, 6.45) is -1.80. The van der Waals surface area contributed by atoms with E-state index < -0.39 is 10.9 Å². The first kappa shape index (κ1) is 11.6. The molecule has 0 radical (unpaired) electrons. The van der Waals surface area contributed by atoms with Gasteiger partial charge in [0.05, 0.1) is 0 Å². The van der Waals surface area contributed by atoms with Crippen LogP contribution in [-0.2, 0) is 0 Å². The molecule has 1 nitrogen and oxygen atoms in total. The Morgan fingerprint density at radius 2 is 1.64 bits per heavy atom. The van der Waals surface area contributed by atoms with Crippen LogP contribution in [0.3, 0.4) is 0 Å². The smallest absolute Gasteiger partial charge is 0.330 e. The zero-order chi connectivity index (χ0) is 10.9. The third kappa shape index (κ3) is 2.75. The molecule has 1 rings (SSSR count). The Morgan fingerprint density at radius 1 is 1.21 bits per heavy atom. The van der Waals surface area contributed by atoms with Gasteiger partial charge in [-0.15, -0.1) is 0 Å². The van der Waals surface area contributed by atoms with Crippen molar-refractivity contribution in [3.05, 3.63) is 34.9 Å². The Morgan fingerprint density at radius 3 is 2.00 bits per heavy atom. The molecule has 0 fully saturated rings. The Kier molecular flexibility index (Phi) is 3.27. The first-order valence-corrected chi connectivity index (χ1v) is 4.93. The first-order chi connectivity index (χ1) is 6.30. The highest BCUT2D eigenvalue weighted by Gasteiger charge is 2.36. The molecule has 1 atom stereocenters. The van der Waals surface area contributed by atoms with Gasteiger partial charge in [0.15, 0.2) is 6.10 Å². The van der Waals surface area contributed by atoms with Crippen molar-refractivity contribution >= 4 is 15.9 Å². The molecule has 0 aromatic heterocycles. The Bertz CT molecular complexity index is 313. The lowest BCUT2D eigenvalue weighted by Gasteiger charge is -2.17. The maximum Gasteiger partial charge on any atom is 0.330 e. The number of aryl methyl sites for hydroxylation is 2. The van der Waals surface area contributed by atoms with E-state index >= 15 is 0 Å². The zero-order valence-electron chi connectivity index (χ0n) is 7.89. The van der Waals surface area contributed by atoms with Crippen molar-refractivity contribution in [3.63, 3.8) is 0 Å². The van der Waals surface area contributed by atoms with Crippen molar-refractivity contribution in [2.75, 3.05) is 0 Å². The average molecular weight is 265 g/mol. The molecule has 1 aromatic carbocycles. The predicted molar refractivity (Wildman–Crippen MR) is 54.7 cm³/mol. The van der Waals surface area contributed by atoms with Gasteiger partial charge in [0, 0.05) is 0 Å². The molecule has 4 heteroatoms. The van der Waals surface area contributed by atoms with E-state index in [9.17, 15) is 13.9 Å². The van der Waals surface area contributed by atoms with Gasteiger partial charge in [0.25, 0.3) is 0 Å². The molecule has 0 aliphatic rings. The molecule has 1 unspecified atom stereocenters. The summed E-state index contributed by atoms with van der Waals surface area (Å²) in [5.74, 6) is 0. The van der Waals surface area contributed by atoms with Crippen LogP contribution in [0.5, 0.6) is 0 Å². The van der Waals surface area contributed by atoms with E-state index in [2.05, 4.69) is 15.9 Å². The predicted octanol–water partition coefficient (Wildman–Crippen LogP) is 3.32. The number of benzene rings is 1. The van der Waals surface area contributed by atoms with Gasteiger partial charge in [-0.05, 0) is 35.3 Å². The summed E-state index contributed by atoms with van der Waals surface area (Å²) in [6.45, 7) is 3.60. The van der Waals surface area contributed by atoms with Crippen LogP contribution in [-0.4, -0.2) is 9.94 Å². The van der Waals surface area contributed by atoms with E-state index in [-0.39, 0.29) is 5.56 Å². The van der Waals surface area contributed by atoms with Gasteiger partial charge in [-0.3, -0.25) is 0 Å². The van der Waals surface area contributed by atoms with Crippen LogP contribution in [0.4, 0.5) is 8.78 Å². The maximum absolute atomic E-state index is 12.7. The van der Waals surface area contributed by atoms with Crippen LogP contribution >= 0.6 is 15.9 Å². The normalized spacial score (nSPS) is 14.1. The summed E-state index contributed by atoms with van der Waals surface area (Å²) in [5.41, 5.74) is 1.94. The van der Waals surface area contributed by atoms with E-state index in [0.29, 0.717) is 0 Å². The molecular weight excluding hydrogens is 254 g/mol. The summed E-state index contributed by atoms with van der Waals surface area (Å²) >= 11 is 2.15. The number of aliphatic hydroxyl groups excluding tert-OH is 1. The van der Waals surface area contributed by atoms with Gasteiger partial charge < -0.3 is 5.11 Å². The molecule has 0 bridgehead atoms. The Labute approximate surface area is 89.9 Å². The molecular formula is C10H11BrF2O. The maximum atomic E-state index is 12.7. The molecule has 1 N–H and O–H groups in total. The number of alkyl halides is 3. The van der Waals surface area contributed by atoms with Crippen LogP contribution in [0.2, 0.25) is 0 Å². The van der Waals surface area contributed by atoms with E-state index in [0.717, 1.165) is 11.1 Å². The van der Waals surface area contributed by atoms with Gasteiger partial charge in [-0.1, -0.05) is 29.3 Å². The number of halogens is 3. The highest BCUT2D eigenvalue weighted by Crippen LogP contribution is 2.36. The average Bonchev–Trinajstić information content (AvgIpc) is 1.99. The molecule has 0 saturated carbocycles. The van der Waals surface area contributed by atoms with Gasteiger partial charge in [-0.25, -0.2) is 0 Å². The highest BCUT2D eigenvalue weighted by molar-refractivity contribution is 9.10. The summed E-state index contributed by atoms with van der Waals surface area (Å²) in [7, 11) is 0. The van der Waals surface area contributed by atoms with Crippen molar-refractivity contribution in [1.29, 1.82) is 0 Å². The summed E-state index contributed by atoms with van der Waals surface area (Å²) in [4.78, 5) is -3.28. The molecule has 1 aromatic rings. The van der Waals surface area contributed by atoms with E-state index in [1.807, 2.05) is 6.07 Å². The summed E-state index contributed by atoms with van der Waals surface area (Å²) in [5, 5.41) is 9.31. The first-order valence-electron chi connectivity index (χ1n) is 4.13. The minimum Gasteiger partial charge on any atom is -0.381 e. The molecule has 0 heterocycles. The molecule has 14 heavy (non-hydrogen) atoms. The molecule has 0 spiro atoms. The van der Waals surface area contributed by atoms with Crippen LogP contribution < -0.4 is 0 Å². The second kappa shape index (κ2) is 3.95. The summed E-state index contributed by atoms with van der Waals surface area (Å²) < 4.78 is 25.5. The Hall–Kier alpha value is -0.480. The second-order valence-electron chi connectivity index (χ2n) is 3.37. The fourth-order valence-electron chi connectivity index (χ4n) is 1.36. The van der Waals surface area contributed by atoms with Crippen molar-refractivity contribution in [1.82, 2.24) is 0 Å². The van der Waals surface area contributed by atoms with Crippen molar-refractivity contribution < 1.29 is 13.9 Å². The topological polar surface area (TPSA) is 20.2 Å². The zero-order valence-corrected chi connectivity index (χ0v) is 9.48. The standard InChI is InChI=1S/C10H11BrF2O/c1-6-3-7(2)5-8(4-6)9(14)10(11,12)13/h3-5,9,14H,1-2H3. The van der Waals surface area contributed by atoms with Gasteiger partial charge in [0.2, 0.25) is 0 Å².